The summed E-state index contributed by atoms with van der Waals surface area (Å²) in [6.07, 6.45) is -0.945. The molecule has 2 aliphatic rings. The third-order valence-corrected chi connectivity index (χ3v) is 7.06. The van der Waals surface area contributed by atoms with Crippen molar-refractivity contribution < 1.29 is 18.8 Å². The van der Waals surface area contributed by atoms with Gasteiger partial charge < -0.3 is 4.42 Å². The number of nitrogens with zero attached hydrogens (tertiary/aromatic N) is 2. The lowest BCUT2D eigenvalue weighted by molar-refractivity contribution is -0.143. The van der Waals surface area contributed by atoms with E-state index in [9.17, 15) is 9.59 Å². The lowest BCUT2D eigenvalue weighted by Crippen LogP contribution is -2.36. The molecule has 36 heavy (non-hydrogen) atoms. The molecule has 0 aliphatic carbocycles. The highest BCUT2D eigenvalue weighted by Gasteiger charge is 2.60. The first-order chi connectivity index (χ1) is 17.5. The summed E-state index contributed by atoms with van der Waals surface area (Å²) < 4.78 is 6.24. The Bertz CT molecular complexity index is 1440. The quantitative estimate of drug-likeness (QED) is 0.290. The van der Waals surface area contributed by atoms with E-state index >= 15 is 0 Å². The Balaban J connectivity index is 1.38. The van der Waals surface area contributed by atoms with Crippen molar-refractivity contribution in [3.63, 3.8) is 0 Å². The summed E-state index contributed by atoms with van der Waals surface area (Å²) in [6.45, 7) is 0.191. The smallest absolute Gasteiger partial charge is 0.262 e. The van der Waals surface area contributed by atoms with Crippen LogP contribution in [-0.4, -0.2) is 22.8 Å². The van der Waals surface area contributed by atoms with E-state index < -0.39 is 18.1 Å². The lowest BCUT2D eigenvalue weighted by atomic mass is 9.94. The summed E-state index contributed by atoms with van der Waals surface area (Å²) in [5.74, 6) is -0.387. The molecule has 6 nitrogen and oxygen atoms in total. The van der Waals surface area contributed by atoms with Crippen LogP contribution in [0.5, 0.6) is 0 Å². The summed E-state index contributed by atoms with van der Waals surface area (Å²) in [5, 5.41) is 2.58. The van der Waals surface area contributed by atoms with Gasteiger partial charge in [-0.1, -0.05) is 71.7 Å². The molecule has 180 valence electrons. The average molecular weight is 519 g/mol. The molecule has 2 saturated heterocycles. The molecule has 0 unspecified atom stereocenters. The molecule has 3 heterocycles. The number of hydroxylamine groups is 1. The van der Waals surface area contributed by atoms with Crippen LogP contribution >= 0.6 is 23.2 Å². The van der Waals surface area contributed by atoms with Gasteiger partial charge in [0, 0.05) is 10.6 Å². The van der Waals surface area contributed by atoms with Crippen molar-refractivity contribution >= 4 is 40.7 Å². The maximum absolute atomic E-state index is 13.7. The predicted molar refractivity (Wildman–Crippen MR) is 136 cm³/mol. The van der Waals surface area contributed by atoms with Crippen LogP contribution in [0, 0.1) is 5.92 Å². The number of furan rings is 1. The Hall–Kier alpha value is -3.58. The van der Waals surface area contributed by atoms with Gasteiger partial charge in [-0.3, -0.25) is 19.3 Å². The van der Waals surface area contributed by atoms with Gasteiger partial charge in [0.05, 0.1) is 17.3 Å². The third-order valence-electron chi connectivity index (χ3n) is 6.52. The molecule has 0 N–H and O–H groups in total. The molecule has 0 spiro atoms. The molecule has 2 aliphatic heterocycles. The Kier molecular flexibility index (Phi) is 5.80. The van der Waals surface area contributed by atoms with Gasteiger partial charge >= 0.3 is 0 Å². The first-order valence-electron chi connectivity index (χ1n) is 11.5. The molecular weight excluding hydrogens is 499 g/mol. The number of amides is 2. The van der Waals surface area contributed by atoms with E-state index in [0.29, 0.717) is 27.1 Å². The van der Waals surface area contributed by atoms with E-state index in [1.165, 1.54) is 4.90 Å². The van der Waals surface area contributed by atoms with Crippen molar-refractivity contribution in [3.8, 4) is 11.3 Å². The number of carbonyl (C=O) groups excluding carboxylic acids is 2. The van der Waals surface area contributed by atoms with Crippen LogP contribution in [0.2, 0.25) is 10.0 Å². The third kappa shape index (κ3) is 3.88. The minimum absolute atomic E-state index is 0.191. The number of halogens is 2. The number of hydrogen-bond donors (Lipinski definition) is 0. The van der Waals surface area contributed by atoms with Gasteiger partial charge in [-0.05, 0) is 48.0 Å². The molecule has 3 aromatic carbocycles. The minimum Gasteiger partial charge on any atom is -0.459 e. The summed E-state index contributed by atoms with van der Waals surface area (Å²) in [4.78, 5) is 34.4. The molecule has 0 radical (unpaired) electrons. The second kappa shape index (κ2) is 9.13. The van der Waals surface area contributed by atoms with E-state index in [-0.39, 0.29) is 18.4 Å². The highest BCUT2D eigenvalue weighted by atomic mass is 35.5. The van der Waals surface area contributed by atoms with Gasteiger partial charge in [0.1, 0.15) is 23.5 Å². The van der Waals surface area contributed by atoms with Crippen LogP contribution in [0.25, 0.3) is 11.3 Å². The number of para-hydroxylation sites is 1. The van der Waals surface area contributed by atoms with Gasteiger partial charge in [-0.2, -0.15) is 0 Å². The zero-order valence-electron chi connectivity index (χ0n) is 18.9. The van der Waals surface area contributed by atoms with Gasteiger partial charge in [0.15, 0.2) is 6.10 Å². The first kappa shape index (κ1) is 22.9. The molecule has 3 atom stereocenters. The Morgan fingerprint density at radius 1 is 0.806 bits per heavy atom. The summed E-state index contributed by atoms with van der Waals surface area (Å²) in [6, 6.07) is 26.9. The molecule has 2 amide bonds. The van der Waals surface area contributed by atoms with Crippen LogP contribution in [0.1, 0.15) is 17.4 Å². The standard InChI is InChI=1S/C28H20Cl2N2O4/c29-18-11-12-20(21(30)15-18)22-13-14-23(35-22)25-24-26(36-32(25)19-9-5-2-6-10-19)28(34)31(27(24)33)16-17-7-3-1-4-8-17/h1-15,24-26H,16H2/t24-,25-,26-/m1/s1. The van der Waals surface area contributed by atoms with E-state index in [4.69, 9.17) is 32.5 Å². The van der Waals surface area contributed by atoms with Crippen LogP contribution in [0.3, 0.4) is 0 Å². The van der Waals surface area contributed by atoms with Gasteiger partial charge in [0.2, 0.25) is 5.91 Å². The topological polar surface area (TPSA) is 63.0 Å². The summed E-state index contributed by atoms with van der Waals surface area (Å²) in [7, 11) is 0. The fraction of sp³-hybridized carbons (Fsp3) is 0.143. The predicted octanol–water partition coefficient (Wildman–Crippen LogP) is 6.30. The van der Waals surface area contributed by atoms with Crippen molar-refractivity contribution in [2.45, 2.75) is 18.7 Å². The van der Waals surface area contributed by atoms with Gasteiger partial charge in [0.25, 0.3) is 5.91 Å². The second-order valence-electron chi connectivity index (χ2n) is 8.73. The van der Waals surface area contributed by atoms with Crippen molar-refractivity contribution in [1.29, 1.82) is 0 Å². The molecular formula is C28H20Cl2N2O4. The van der Waals surface area contributed by atoms with Crippen molar-refractivity contribution in [1.82, 2.24) is 4.90 Å². The molecule has 0 saturated carbocycles. The number of hydrogen-bond acceptors (Lipinski definition) is 5. The van der Waals surface area contributed by atoms with Crippen molar-refractivity contribution in [2.24, 2.45) is 5.92 Å². The number of anilines is 1. The van der Waals surface area contributed by atoms with Crippen LogP contribution in [-0.2, 0) is 21.0 Å². The van der Waals surface area contributed by atoms with Crippen LogP contribution in [0.4, 0.5) is 5.69 Å². The zero-order chi connectivity index (χ0) is 24.8. The minimum atomic E-state index is -0.945. The van der Waals surface area contributed by atoms with Gasteiger partial charge in [-0.25, -0.2) is 5.06 Å². The van der Waals surface area contributed by atoms with E-state index in [1.54, 1.807) is 35.4 Å². The first-order valence-corrected chi connectivity index (χ1v) is 12.2. The van der Waals surface area contributed by atoms with E-state index in [0.717, 1.165) is 11.3 Å². The highest BCUT2D eigenvalue weighted by Crippen LogP contribution is 2.48. The SMILES string of the molecule is O=C1[C@@H]2[C@@H](c3ccc(-c4ccc(Cl)cc4Cl)o3)N(c3ccccc3)O[C@H]2C(=O)N1Cc1ccccc1. The second-order valence-corrected chi connectivity index (χ2v) is 9.58. The lowest BCUT2D eigenvalue weighted by Gasteiger charge is -2.27. The molecule has 2 fully saturated rings. The number of imide groups is 1. The number of benzene rings is 3. The van der Waals surface area contributed by atoms with Crippen molar-refractivity contribution in [3.05, 3.63) is 112 Å². The number of fused-ring (bicyclic) bond motifs is 1. The summed E-state index contributed by atoms with van der Waals surface area (Å²) in [5.41, 5.74) is 2.26. The number of rotatable bonds is 5. The van der Waals surface area contributed by atoms with Crippen molar-refractivity contribution in [2.75, 3.05) is 5.06 Å². The monoisotopic (exact) mass is 518 g/mol. The molecule has 1 aromatic heterocycles. The van der Waals surface area contributed by atoms with E-state index in [2.05, 4.69) is 0 Å². The zero-order valence-corrected chi connectivity index (χ0v) is 20.4. The molecule has 0 bridgehead atoms. The van der Waals surface area contributed by atoms with E-state index in [1.807, 2.05) is 60.7 Å². The highest BCUT2D eigenvalue weighted by molar-refractivity contribution is 6.36. The Morgan fingerprint density at radius 2 is 1.53 bits per heavy atom. The molecule has 8 heteroatoms. The fourth-order valence-corrected chi connectivity index (χ4v) is 5.33. The average Bonchev–Trinajstić information content (AvgIpc) is 3.57. The van der Waals surface area contributed by atoms with Gasteiger partial charge in [-0.15, -0.1) is 0 Å². The molecule has 4 aromatic rings. The van der Waals surface area contributed by atoms with Crippen LogP contribution < -0.4 is 5.06 Å². The maximum atomic E-state index is 13.7. The fourth-order valence-electron chi connectivity index (χ4n) is 4.83. The Labute approximate surface area is 217 Å². The normalized spacial score (nSPS) is 21.3. The summed E-state index contributed by atoms with van der Waals surface area (Å²) >= 11 is 12.5. The number of carbonyl (C=O) groups is 2. The molecule has 6 rings (SSSR count). The largest absolute Gasteiger partial charge is 0.459 e. The Morgan fingerprint density at radius 3 is 2.25 bits per heavy atom. The number of likely N-dealkylation sites (tertiary alicyclic amines) is 1. The van der Waals surface area contributed by atoms with Crippen LogP contribution in [0.15, 0.2) is 95.4 Å². The maximum Gasteiger partial charge on any atom is 0.262 e.